The number of halogens is 2. The first-order chi connectivity index (χ1) is 11.1. The molecule has 0 aromatic heterocycles. The lowest BCUT2D eigenvalue weighted by Crippen LogP contribution is -2.47. The zero-order valence-corrected chi connectivity index (χ0v) is 14.9. The maximum absolute atomic E-state index is 12.7. The Morgan fingerprint density at radius 1 is 1.17 bits per heavy atom. The summed E-state index contributed by atoms with van der Waals surface area (Å²) in [4.78, 5) is 12.7. The molecule has 23 heavy (non-hydrogen) atoms. The Labute approximate surface area is 147 Å². The van der Waals surface area contributed by atoms with Gasteiger partial charge in [-0.15, -0.1) is 0 Å². The fourth-order valence-corrected chi connectivity index (χ4v) is 4.08. The van der Waals surface area contributed by atoms with Crippen LogP contribution < -0.4 is 10.6 Å². The smallest absolute Gasteiger partial charge is 0.252 e. The lowest BCUT2D eigenvalue weighted by Gasteiger charge is -2.36. The molecular weight excluding hydrogens is 331 g/mol. The molecule has 3 rings (SSSR count). The zero-order chi connectivity index (χ0) is 16.4. The van der Waals surface area contributed by atoms with E-state index in [-0.39, 0.29) is 11.4 Å². The Hall–Kier alpha value is -1.03. The van der Waals surface area contributed by atoms with Gasteiger partial charge in [0.25, 0.3) is 5.91 Å². The molecule has 1 aromatic carbocycles. The standard InChI is InChI=1S/C18H22Cl2N2O/c1-2-21-11-13-16(12-6-7-14(19)15(20)10-12)17(23)22-18(13)8-4-3-5-9-18/h6-7,10,21H,2-5,8-9,11H2,1H3,(H,22,23). The molecule has 0 unspecified atom stereocenters. The molecule has 1 saturated carbocycles. The third kappa shape index (κ3) is 3.15. The van der Waals surface area contributed by atoms with Crippen LogP contribution in [0.3, 0.4) is 0 Å². The number of hydrogen-bond donors (Lipinski definition) is 2. The summed E-state index contributed by atoms with van der Waals surface area (Å²) >= 11 is 12.2. The quantitative estimate of drug-likeness (QED) is 0.852. The van der Waals surface area contributed by atoms with Crippen LogP contribution >= 0.6 is 23.2 Å². The Kier molecular flexibility index (Phi) is 5.00. The van der Waals surface area contributed by atoms with E-state index in [1.54, 1.807) is 12.1 Å². The van der Waals surface area contributed by atoms with Gasteiger partial charge < -0.3 is 10.6 Å². The zero-order valence-electron chi connectivity index (χ0n) is 13.3. The van der Waals surface area contributed by atoms with Crippen molar-refractivity contribution in [3.63, 3.8) is 0 Å². The van der Waals surface area contributed by atoms with E-state index in [0.717, 1.165) is 49.9 Å². The molecule has 1 aliphatic heterocycles. The summed E-state index contributed by atoms with van der Waals surface area (Å²) < 4.78 is 0. The first-order valence-corrected chi connectivity index (χ1v) is 9.05. The molecule has 0 saturated heterocycles. The second-order valence-electron chi connectivity index (χ2n) is 6.36. The van der Waals surface area contributed by atoms with Gasteiger partial charge in [0.1, 0.15) is 0 Å². The van der Waals surface area contributed by atoms with Crippen LogP contribution in [0.15, 0.2) is 23.8 Å². The van der Waals surface area contributed by atoms with Gasteiger partial charge in [-0.3, -0.25) is 4.79 Å². The van der Waals surface area contributed by atoms with E-state index >= 15 is 0 Å². The lowest BCUT2D eigenvalue weighted by atomic mass is 9.76. The van der Waals surface area contributed by atoms with E-state index in [4.69, 9.17) is 23.2 Å². The topological polar surface area (TPSA) is 41.1 Å². The summed E-state index contributed by atoms with van der Waals surface area (Å²) in [6, 6.07) is 5.44. The van der Waals surface area contributed by atoms with E-state index in [9.17, 15) is 4.79 Å². The fourth-order valence-electron chi connectivity index (χ4n) is 3.78. The molecule has 1 fully saturated rings. The first kappa shape index (κ1) is 16.8. The van der Waals surface area contributed by atoms with Gasteiger partial charge in [-0.1, -0.05) is 55.5 Å². The van der Waals surface area contributed by atoms with Crippen molar-refractivity contribution in [3.05, 3.63) is 39.4 Å². The molecule has 124 valence electrons. The van der Waals surface area contributed by atoms with Crippen molar-refractivity contribution in [1.82, 2.24) is 10.6 Å². The molecular formula is C18H22Cl2N2O. The van der Waals surface area contributed by atoms with Crippen molar-refractivity contribution >= 4 is 34.7 Å². The maximum atomic E-state index is 12.7. The van der Waals surface area contributed by atoms with Gasteiger partial charge in [0.2, 0.25) is 0 Å². The predicted molar refractivity (Wildman–Crippen MR) is 95.9 cm³/mol. The number of hydrogen-bond acceptors (Lipinski definition) is 2. The first-order valence-electron chi connectivity index (χ1n) is 8.29. The number of benzene rings is 1. The molecule has 1 amide bonds. The van der Waals surface area contributed by atoms with E-state index < -0.39 is 0 Å². The maximum Gasteiger partial charge on any atom is 0.252 e. The highest BCUT2D eigenvalue weighted by molar-refractivity contribution is 6.42. The van der Waals surface area contributed by atoms with E-state index in [1.165, 1.54) is 12.0 Å². The van der Waals surface area contributed by atoms with Crippen molar-refractivity contribution in [2.75, 3.05) is 13.1 Å². The molecule has 2 aliphatic rings. The number of amides is 1. The third-order valence-electron chi connectivity index (χ3n) is 4.93. The Balaban J connectivity index is 2.08. The molecule has 5 heteroatoms. The highest BCUT2D eigenvalue weighted by atomic mass is 35.5. The molecule has 1 spiro atoms. The van der Waals surface area contributed by atoms with Crippen molar-refractivity contribution in [1.29, 1.82) is 0 Å². The normalized spacial score (nSPS) is 20.2. The van der Waals surface area contributed by atoms with Crippen molar-refractivity contribution in [2.45, 2.75) is 44.6 Å². The molecule has 1 aliphatic carbocycles. The predicted octanol–water partition coefficient (Wildman–Crippen LogP) is 4.19. The number of rotatable bonds is 4. The molecule has 0 atom stereocenters. The summed E-state index contributed by atoms with van der Waals surface area (Å²) in [5.74, 6) is 0.0122. The summed E-state index contributed by atoms with van der Waals surface area (Å²) in [7, 11) is 0. The summed E-state index contributed by atoms with van der Waals surface area (Å²) in [5, 5.41) is 7.67. The van der Waals surface area contributed by atoms with Gasteiger partial charge in [-0.05, 0) is 42.7 Å². The summed E-state index contributed by atoms with van der Waals surface area (Å²) in [6.07, 6.45) is 5.60. The van der Waals surface area contributed by atoms with Crippen LogP contribution in [-0.2, 0) is 4.79 Å². The highest BCUT2D eigenvalue weighted by Crippen LogP contribution is 2.42. The van der Waals surface area contributed by atoms with Crippen LogP contribution in [0.1, 0.15) is 44.6 Å². The SMILES string of the molecule is CCNCC1=C(c2ccc(Cl)c(Cl)c2)C(=O)NC12CCCCC2. The van der Waals surface area contributed by atoms with E-state index in [0.29, 0.717) is 10.0 Å². The molecule has 3 nitrogen and oxygen atoms in total. The van der Waals surface area contributed by atoms with E-state index in [2.05, 4.69) is 17.6 Å². The summed E-state index contributed by atoms with van der Waals surface area (Å²) in [5.41, 5.74) is 2.62. The number of carbonyl (C=O) groups is 1. The Morgan fingerprint density at radius 3 is 2.57 bits per heavy atom. The van der Waals surface area contributed by atoms with Gasteiger partial charge in [0, 0.05) is 12.1 Å². The van der Waals surface area contributed by atoms with Crippen LogP contribution in [0, 0.1) is 0 Å². The molecule has 0 radical (unpaired) electrons. The second kappa shape index (κ2) is 6.84. The van der Waals surface area contributed by atoms with Crippen LogP contribution in [0.4, 0.5) is 0 Å². The highest BCUT2D eigenvalue weighted by Gasteiger charge is 2.45. The Bertz CT molecular complexity index is 648. The fraction of sp³-hybridized carbons (Fsp3) is 0.500. The van der Waals surface area contributed by atoms with Crippen molar-refractivity contribution in [3.8, 4) is 0 Å². The monoisotopic (exact) mass is 352 g/mol. The summed E-state index contributed by atoms with van der Waals surface area (Å²) in [6.45, 7) is 3.68. The van der Waals surface area contributed by atoms with Gasteiger partial charge in [0.15, 0.2) is 0 Å². The average Bonchev–Trinajstić information content (AvgIpc) is 2.80. The van der Waals surface area contributed by atoms with Crippen LogP contribution in [0.25, 0.3) is 5.57 Å². The average molecular weight is 353 g/mol. The minimum absolute atomic E-state index is 0.0122. The molecule has 2 N–H and O–H groups in total. The van der Waals surface area contributed by atoms with Crippen LogP contribution in [0.5, 0.6) is 0 Å². The molecule has 0 bridgehead atoms. The number of carbonyl (C=O) groups excluding carboxylic acids is 1. The van der Waals surface area contributed by atoms with Gasteiger partial charge in [-0.25, -0.2) is 0 Å². The number of likely N-dealkylation sites (N-methyl/N-ethyl adjacent to an activating group) is 1. The largest absolute Gasteiger partial charge is 0.343 e. The van der Waals surface area contributed by atoms with Crippen molar-refractivity contribution < 1.29 is 4.79 Å². The number of nitrogens with one attached hydrogen (secondary N) is 2. The van der Waals surface area contributed by atoms with E-state index in [1.807, 2.05) is 6.07 Å². The minimum atomic E-state index is -0.182. The van der Waals surface area contributed by atoms with Crippen LogP contribution in [0.2, 0.25) is 10.0 Å². The minimum Gasteiger partial charge on any atom is -0.343 e. The van der Waals surface area contributed by atoms with Gasteiger partial charge >= 0.3 is 0 Å². The molecule has 1 heterocycles. The van der Waals surface area contributed by atoms with Crippen molar-refractivity contribution in [2.24, 2.45) is 0 Å². The van der Waals surface area contributed by atoms with Crippen LogP contribution in [-0.4, -0.2) is 24.5 Å². The van der Waals surface area contributed by atoms with Gasteiger partial charge in [-0.2, -0.15) is 0 Å². The Morgan fingerprint density at radius 2 is 1.91 bits per heavy atom. The lowest BCUT2D eigenvalue weighted by molar-refractivity contribution is -0.116. The third-order valence-corrected chi connectivity index (χ3v) is 5.67. The second-order valence-corrected chi connectivity index (χ2v) is 7.17. The molecule has 1 aromatic rings. The van der Waals surface area contributed by atoms with Gasteiger partial charge in [0.05, 0.1) is 15.6 Å².